The third-order valence-corrected chi connectivity index (χ3v) is 6.30. The van der Waals surface area contributed by atoms with Crippen molar-refractivity contribution in [2.75, 3.05) is 7.11 Å². The number of nitrogens with one attached hydrogen (secondary N) is 2. The third kappa shape index (κ3) is 3.53. The highest BCUT2D eigenvalue weighted by molar-refractivity contribution is 7.22. The smallest absolute Gasteiger partial charge is 0.255 e. The number of carbonyl (C=O) groups is 1. The topological polar surface area (TPSA) is 67.0 Å². The fraction of sp³-hybridized carbons (Fsp3) is 0.0833. The van der Waals surface area contributed by atoms with Crippen LogP contribution < -0.4 is 10.1 Å². The molecule has 5 nitrogen and oxygen atoms in total. The summed E-state index contributed by atoms with van der Waals surface area (Å²) < 4.78 is 21.1. The number of fused-ring (bicyclic) bond motifs is 2. The summed E-state index contributed by atoms with van der Waals surface area (Å²) in [5, 5.41) is 12.1. The van der Waals surface area contributed by atoms with Gasteiger partial charge in [-0.15, -0.1) is 11.3 Å². The molecule has 1 amide bonds. The Labute approximate surface area is 181 Å². The second-order valence-electron chi connectivity index (χ2n) is 7.09. The maximum atomic E-state index is 14.7. The van der Waals surface area contributed by atoms with Crippen molar-refractivity contribution in [3.05, 3.63) is 83.7 Å². The zero-order valence-electron chi connectivity index (χ0n) is 16.6. The molecule has 0 radical (unpaired) electrons. The molecule has 2 heterocycles. The molecule has 31 heavy (non-hydrogen) atoms. The van der Waals surface area contributed by atoms with Crippen LogP contribution in [0.2, 0.25) is 0 Å². The van der Waals surface area contributed by atoms with Gasteiger partial charge >= 0.3 is 0 Å². The van der Waals surface area contributed by atoms with Gasteiger partial charge in [0.2, 0.25) is 0 Å². The van der Waals surface area contributed by atoms with Gasteiger partial charge in [-0.05, 0) is 41.8 Å². The Balaban J connectivity index is 1.46. The fourth-order valence-electron chi connectivity index (χ4n) is 3.61. The monoisotopic (exact) mass is 431 g/mol. The predicted molar refractivity (Wildman–Crippen MR) is 121 cm³/mol. The molecule has 2 N–H and O–H groups in total. The standard InChI is InChI=1S/C24H18FN3O2S/c1-30-20-8-4-3-7-16(20)24(29)26-13-15-10-17-19(12-18(15)25)27-28-23(17)22-11-14-6-2-5-9-21(14)31-22/h2-12H,13H2,1H3,(H,26,29)(H,27,28). The number of aromatic amines is 1. The maximum absolute atomic E-state index is 14.7. The molecule has 3 aromatic carbocycles. The average Bonchev–Trinajstić information content (AvgIpc) is 3.40. The van der Waals surface area contributed by atoms with Gasteiger partial charge in [-0.1, -0.05) is 30.3 Å². The minimum absolute atomic E-state index is 0.0513. The van der Waals surface area contributed by atoms with Crippen LogP contribution in [-0.4, -0.2) is 23.2 Å². The summed E-state index contributed by atoms with van der Waals surface area (Å²) in [6.07, 6.45) is 0. The van der Waals surface area contributed by atoms with Gasteiger partial charge in [0.15, 0.2) is 0 Å². The molecule has 7 heteroatoms. The summed E-state index contributed by atoms with van der Waals surface area (Å²) in [6, 6.07) is 20.3. The van der Waals surface area contributed by atoms with Crippen molar-refractivity contribution in [1.82, 2.24) is 15.5 Å². The molecule has 0 fully saturated rings. The van der Waals surface area contributed by atoms with Gasteiger partial charge < -0.3 is 10.1 Å². The maximum Gasteiger partial charge on any atom is 0.255 e. The van der Waals surface area contributed by atoms with E-state index in [0.717, 1.165) is 21.3 Å². The van der Waals surface area contributed by atoms with Crippen molar-refractivity contribution in [2.24, 2.45) is 0 Å². The summed E-state index contributed by atoms with van der Waals surface area (Å²) in [6.45, 7) is 0.0513. The highest BCUT2D eigenvalue weighted by Crippen LogP contribution is 2.36. The van der Waals surface area contributed by atoms with Crippen molar-refractivity contribution in [1.29, 1.82) is 0 Å². The number of para-hydroxylation sites is 1. The van der Waals surface area contributed by atoms with Gasteiger partial charge in [0, 0.05) is 22.2 Å². The lowest BCUT2D eigenvalue weighted by atomic mass is 10.1. The first kappa shape index (κ1) is 19.3. The minimum Gasteiger partial charge on any atom is -0.496 e. The zero-order chi connectivity index (χ0) is 21.4. The molecule has 0 bridgehead atoms. The quantitative estimate of drug-likeness (QED) is 0.385. The van der Waals surface area contributed by atoms with E-state index in [2.05, 4.69) is 33.7 Å². The largest absolute Gasteiger partial charge is 0.496 e. The lowest BCUT2D eigenvalue weighted by Gasteiger charge is -2.10. The van der Waals surface area contributed by atoms with E-state index >= 15 is 0 Å². The number of thiophene rings is 1. The third-order valence-electron chi connectivity index (χ3n) is 5.18. The molecule has 5 rings (SSSR count). The van der Waals surface area contributed by atoms with E-state index in [4.69, 9.17) is 4.74 Å². The molecule has 0 aliphatic carbocycles. The number of hydrogen-bond donors (Lipinski definition) is 2. The van der Waals surface area contributed by atoms with E-state index < -0.39 is 5.82 Å². The highest BCUT2D eigenvalue weighted by Gasteiger charge is 2.16. The second kappa shape index (κ2) is 7.85. The molecule has 0 atom stereocenters. The van der Waals surface area contributed by atoms with Crippen LogP contribution >= 0.6 is 11.3 Å². The van der Waals surface area contributed by atoms with Gasteiger partial charge in [0.1, 0.15) is 17.3 Å². The molecular formula is C24H18FN3O2S. The number of aromatic nitrogens is 2. The van der Waals surface area contributed by atoms with Gasteiger partial charge in [-0.2, -0.15) is 5.10 Å². The Morgan fingerprint density at radius 1 is 1.13 bits per heavy atom. The van der Waals surface area contributed by atoms with E-state index in [-0.39, 0.29) is 12.5 Å². The molecule has 0 saturated carbocycles. The lowest BCUT2D eigenvalue weighted by molar-refractivity contribution is 0.0947. The molecule has 0 unspecified atom stereocenters. The Morgan fingerprint density at radius 3 is 2.77 bits per heavy atom. The van der Waals surface area contributed by atoms with Crippen LogP contribution in [0, 0.1) is 5.82 Å². The van der Waals surface area contributed by atoms with Crippen molar-refractivity contribution in [3.8, 4) is 16.3 Å². The first-order chi connectivity index (χ1) is 15.1. The number of benzene rings is 3. The molecule has 154 valence electrons. The molecule has 0 aliphatic rings. The van der Waals surface area contributed by atoms with E-state index in [9.17, 15) is 9.18 Å². The van der Waals surface area contributed by atoms with Crippen molar-refractivity contribution in [3.63, 3.8) is 0 Å². The Hall–Kier alpha value is -3.71. The number of rotatable bonds is 5. The van der Waals surface area contributed by atoms with Crippen LogP contribution in [-0.2, 0) is 6.54 Å². The Morgan fingerprint density at radius 2 is 1.94 bits per heavy atom. The number of methoxy groups -OCH3 is 1. The first-order valence-corrected chi connectivity index (χ1v) is 10.5. The minimum atomic E-state index is -0.403. The molecular weight excluding hydrogens is 413 g/mol. The molecule has 2 aromatic heterocycles. The fourth-order valence-corrected chi connectivity index (χ4v) is 4.67. The zero-order valence-corrected chi connectivity index (χ0v) is 17.4. The van der Waals surface area contributed by atoms with Crippen LogP contribution in [0.25, 0.3) is 31.6 Å². The number of amides is 1. The van der Waals surface area contributed by atoms with E-state index in [0.29, 0.717) is 22.4 Å². The number of carbonyl (C=O) groups excluding carboxylic acids is 1. The number of ether oxygens (including phenoxy) is 1. The SMILES string of the molecule is COc1ccccc1C(=O)NCc1cc2c(-c3cc4ccccc4s3)n[nH]c2cc1F. The van der Waals surface area contributed by atoms with Gasteiger partial charge in [0.05, 0.1) is 23.1 Å². The van der Waals surface area contributed by atoms with Crippen LogP contribution in [0.3, 0.4) is 0 Å². The summed E-state index contributed by atoms with van der Waals surface area (Å²) in [5.41, 5.74) is 2.18. The number of halogens is 1. The highest BCUT2D eigenvalue weighted by atomic mass is 32.1. The van der Waals surface area contributed by atoms with Crippen LogP contribution in [0.4, 0.5) is 4.39 Å². The van der Waals surface area contributed by atoms with Crippen LogP contribution in [0.5, 0.6) is 5.75 Å². The molecule has 5 aromatic rings. The van der Waals surface area contributed by atoms with E-state index in [1.54, 1.807) is 41.7 Å². The number of hydrogen-bond acceptors (Lipinski definition) is 4. The summed E-state index contributed by atoms with van der Waals surface area (Å²) in [7, 11) is 1.51. The Kier molecular flexibility index (Phi) is 4.88. The summed E-state index contributed by atoms with van der Waals surface area (Å²) >= 11 is 1.64. The number of H-pyrrole nitrogens is 1. The summed E-state index contributed by atoms with van der Waals surface area (Å²) in [5.74, 6) is -0.258. The van der Waals surface area contributed by atoms with Crippen molar-refractivity contribution in [2.45, 2.75) is 6.54 Å². The van der Waals surface area contributed by atoms with Gasteiger partial charge in [-0.3, -0.25) is 9.89 Å². The molecule has 0 aliphatic heterocycles. The van der Waals surface area contributed by atoms with Crippen molar-refractivity contribution >= 4 is 38.2 Å². The molecule has 0 spiro atoms. The van der Waals surface area contributed by atoms with E-state index in [1.807, 2.05) is 12.1 Å². The molecule has 0 saturated heterocycles. The van der Waals surface area contributed by atoms with Crippen molar-refractivity contribution < 1.29 is 13.9 Å². The lowest BCUT2D eigenvalue weighted by Crippen LogP contribution is -2.23. The average molecular weight is 431 g/mol. The summed E-state index contributed by atoms with van der Waals surface area (Å²) in [4.78, 5) is 13.6. The number of nitrogens with zero attached hydrogens (tertiary/aromatic N) is 1. The van der Waals surface area contributed by atoms with E-state index in [1.165, 1.54) is 17.9 Å². The van der Waals surface area contributed by atoms with Gasteiger partial charge in [-0.25, -0.2) is 4.39 Å². The Bertz CT molecular complexity index is 1390. The van der Waals surface area contributed by atoms with Gasteiger partial charge in [0.25, 0.3) is 5.91 Å². The predicted octanol–water partition coefficient (Wildman–Crippen LogP) is 5.52. The van der Waals surface area contributed by atoms with Crippen LogP contribution in [0.1, 0.15) is 15.9 Å². The second-order valence-corrected chi connectivity index (χ2v) is 8.18. The first-order valence-electron chi connectivity index (χ1n) is 9.70. The van der Waals surface area contributed by atoms with Crippen LogP contribution in [0.15, 0.2) is 66.7 Å². The normalized spacial score (nSPS) is 11.2.